The van der Waals surface area contributed by atoms with Gasteiger partial charge < -0.3 is 13.7 Å². The van der Waals surface area contributed by atoms with Gasteiger partial charge in [-0.25, -0.2) is 13.8 Å². The van der Waals surface area contributed by atoms with Crippen molar-refractivity contribution in [2.45, 2.75) is 80.0 Å². The third kappa shape index (κ3) is 9.20. The monoisotopic (exact) mass is 621 g/mol. The molecule has 3 heterocycles. The summed E-state index contributed by atoms with van der Waals surface area (Å²) in [6.07, 6.45) is -2.94. The molecule has 0 bridgehead atoms. The summed E-state index contributed by atoms with van der Waals surface area (Å²) in [4.78, 5) is 39.8. The van der Waals surface area contributed by atoms with E-state index in [4.69, 9.17) is 13.7 Å². The van der Waals surface area contributed by atoms with Crippen molar-refractivity contribution in [1.29, 1.82) is 0 Å². The molecule has 1 atom stereocenters. The van der Waals surface area contributed by atoms with Crippen LogP contribution in [0.4, 0.5) is 17.6 Å². The van der Waals surface area contributed by atoms with Gasteiger partial charge in [0.1, 0.15) is 23.0 Å². The Bertz CT molecular complexity index is 1520. The molecule has 1 unspecified atom stereocenters. The Kier molecular flexibility index (Phi) is 13.5. The Morgan fingerprint density at radius 3 is 2.14 bits per heavy atom. The molecule has 0 N–H and O–H groups in total. The van der Waals surface area contributed by atoms with Crippen LogP contribution in [0.5, 0.6) is 5.75 Å². The van der Waals surface area contributed by atoms with Crippen molar-refractivity contribution in [3.8, 4) is 11.4 Å². The van der Waals surface area contributed by atoms with Crippen LogP contribution in [0.1, 0.15) is 54.0 Å². The molecule has 9 nitrogen and oxygen atoms in total. The molecule has 1 aromatic carbocycles. The third-order valence-corrected chi connectivity index (χ3v) is 5.78. The zero-order valence-electron chi connectivity index (χ0n) is 25.5. The largest absolute Gasteiger partial charge is 0.425 e. The van der Waals surface area contributed by atoms with Crippen molar-refractivity contribution in [1.82, 2.24) is 13.7 Å². The van der Waals surface area contributed by atoms with Gasteiger partial charge in [0.05, 0.1) is 30.9 Å². The van der Waals surface area contributed by atoms with Crippen LogP contribution in [0, 0.1) is 12.7 Å². The predicted octanol–water partition coefficient (Wildman–Crippen LogP) is 5.73. The van der Waals surface area contributed by atoms with Gasteiger partial charge in [-0.15, -0.1) is 0 Å². The molecule has 1 fully saturated rings. The van der Waals surface area contributed by atoms with Gasteiger partial charge in [0.15, 0.2) is 11.5 Å². The highest BCUT2D eigenvalue weighted by Crippen LogP contribution is 2.26. The van der Waals surface area contributed by atoms with E-state index in [0.717, 1.165) is 25.7 Å². The topological polar surface area (TPSA) is 93.7 Å². The van der Waals surface area contributed by atoms with Gasteiger partial charge in [-0.05, 0) is 38.5 Å². The standard InChI is InChI=1S/C22H24FN3O6S.C2H3F3.2C2H6/c1-12-6-7-15(14(23)8-12)26-19-18(16(32-33-5)9-17(27)24(19)4)20(28)25(21(26)29)10-13-11-30-22(2,3)31-13;1-2(3,4)5;2*1-2/h6-9,13H,10-11H2,1-5H3;1H3;2*1-2H3. The van der Waals surface area contributed by atoms with E-state index in [1.807, 2.05) is 27.7 Å². The number of nitrogens with zero attached hydrogens (tertiary/aromatic N) is 3. The highest BCUT2D eigenvalue weighted by Gasteiger charge is 2.34. The Morgan fingerprint density at radius 1 is 1.10 bits per heavy atom. The summed E-state index contributed by atoms with van der Waals surface area (Å²) in [7, 11) is 1.41. The van der Waals surface area contributed by atoms with E-state index >= 15 is 4.39 Å². The fourth-order valence-electron chi connectivity index (χ4n) is 3.94. The zero-order valence-corrected chi connectivity index (χ0v) is 26.3. The molecular formula is C28H39F4N3O6S. The molecule has 14 heteroatoms. The van der Waals surface area contributed by atoms with Gasteiger partial charge in [-0.2, -0.15) is 13.2 Å². The molecule has 2 aromatic heterocycles. The summed E-state index contributed by atoms with van der Waals surface area (Å²) in [5, 5.41) is -0.0239. The van der Waals surface area contributed by atoms with Gasteiger partial charge in [0, 0.05) is 26.3 Å². The summed E-state index contributed by atoms with van der Waals surface area (Å²) in [6, 6.07) is 5.52. The lowest BCUT2D eigenvalue weighted by molar-refractivity contribution is -0.139. The number of rotatable bonds is 5. The number of fused-ring (bicyclic) bond motifs is 1. The highest BCUT2D eigenvalue weighted by molar-refractivity contribution is 7.94. The molecule has 4 rings (SSSR count). The molecular weight excluding hydrogens is 582 g/mol. The molecule has 0 radical (unpaired) electrons. The first-order chi connectivity index (χ1) is 19.5. The van der Waals surface area contributed by atoms with E-state index in [1.165, 1.54) is 25.2 Å². The Morgan fingerprint density at radius 2 is 1.67 bits per heavy atom. The van der Waals surface area contributed by atoms with Gasteiger partial charge >= 0.3 is 11.9 Å². The van der Waals surface area contributed by atoms with Crippen molar-refractivity contribution in [3.63, 3.8) is 0 Å². The lowest BCUT2D eigenvalue weighted by Gasteiger charge is -2.20. The second kappa shape index (κ2) is 15.4. The first-order valence-electron chi connectivity index (χ1n) is 13.3. The van der Waals surface area contributed by atoms with E-state index < -0.39 is 40.7 Å². The second-order valence-corrected chi connectivity index (χ2v) is 9.57. The van der Waals surface area contributed by atoms with Crippen molar-refractivity contribution < 1.29 is 31.2 Å². The summed E-state index contributed by atoms with van der Waals surface area (Å²) in [5.74, 6) is -1.54. The fourth-order valence-corrected chi connectivity index (χ4v) is 4.25. The average Bonchev–Trinajstić information content (AvgIpc) is 3.25. The van der Waals surface area contributed by atoms with Crippen molar-refractivity contribution in [2.75, 3.05) is 12.9 Å². The summed E-state index contributed by atoms with van der Waals surface area (Å²) < 4.78 is 66.1. The minimum Gasteiger partial charge on any atom is -0.425 e. The number of ether oxygens (including phenoxy) is 2. The van der Waals surface area contributed by atoms with E-state index in [0.29, 0.717) is 5.56 Å². The third-order valence-electron chi connectivity index (χ3n) is 5.44. The van der Waals surface area contributed by atoms with E-state index in [9.17, 15) is 27.6 Å². The lowest BCUT2D eigenvalue weighted by Crippen LogP contribution is -2.44. The van der Waals surface area contributed by atoms with Crippen molar-refractivity contribution in [3.05, 3.63) is 66.8 Å². The number of halogens is 4. The van der Waals surface area contributed by atoms with Crippen LogP contribution in [0.2, 0.25) is 0 Å². The maximum Gasteiger partial charge on any atom is 0.386 e. The van der Waals surface area contributed by atoms with Crippen molar-refractivity contribution >= 4 is 23.1 Å². The smallest absolute Gasteiger partial charge is 0.386 e. The van der Waals surface area contributed by atoms with Crippen molar-refractivity contribution in [2.24, 2.45) is 7.05 Å². The molecule has 1 aliphatic rings. The van der Waals surface area contributed by atoms with Crippen LogP contribution in [-0.4, -0.2) is 44.6 Å². The number of benzene rings is 1. The van der Waals surface area contributed by atoms with E-state index in [-0.39, 0.29) is 42.5 Å². The number of aryl methyl sites for hydroxylation is 2. The minimum atomic E-state index is -4.00. The van der Waals surface area contributed by atoms with Gasteiger partial charge in [-0.1, -0.05) is 33.8 Å². The van der Waals surface area contributed by atoms with Gasteiger partial charge in [0.25, 0.3) is 11.1 Å². The maximum atomic E-state index is 15.0. The Balaban J connectivity index is 0.000000873. The van der Waals surface area contributed by atoms with E-state index in [1.54, 1.807) is 33.1 Å². The van der Waals surface area contributed by atoms with Crippen LogP contribution in [0.3, 0.4) is 0 Å². The molecule has 0 saturated carbocycles. The van der Waals surface area contributed by atoms with Crippen LogP contribution < -0.4 is 21.0 Å². The SMILES string of the molecule is CC.CC.CC(F)(F)F.CSOc1cc(=O)n(C)c2c1c(=O)n(CC1COC(C)(C)O1)c(=O)n2-c1ccc(C)cc1F. The molecule has 0 amide bonds. The van der Waals surface area contributed by atoms with Gasteiger partial charge in [-0.3, -0.25) is 18.7 Å². The van der Waals surface area contributed by atoms with Gasteiger partial charge in [0.2, 0.25) is 0 Å². The molecule has 0 aliphatic carbocycles. The van der Waals surface area contributed by atoms with Crippen LogP contribution >= 0.6 is 12.0 Å². The summed E-state index contributed by atoms with van der Waals surface area (Å²) >= 11 is 0.940. The normalized spacial score (nSPS) is 15.5. The molecule has 0 spiro atoms. The molecule has 42 heavy (non-hydrogen) atoms. The average molecular weight is 622 g/mol. The lowest BCUT2D eigenvalue weighted by atomic mass is 10.2. The minimum absolute atomic E-state index is 0.00969. The maximum absolute atomic E-state index is 15.0. The Hall–Kier alpha value is -3.10. The molecule has 1 saturated heterocycles. The van der Waals surface area contributed by atoms with Crippen LogP contribution in [-0.2, 0) is 23.1 Å². The van der Waals surface area contributed by atoms with Crippen LogP contribution in [0.15, 0.2) is 38.6 Å². The molecule has 3 aromatic rings. The predicted molar refractivity (Wildman–Crippen MR) is 157 cm³/mol. The quantitative estimate of drug-likeness (QED) is 0.266. The number of aromatic nitrogens is 3. The molecule has 1 aliphatic heterocycles. The number of hydrogen-bond donors (Lipinski definition) is 0. The first kappa shape index (κ1) is 36.9. The number of hydrogen-bond acceptors (Lipinski definition) is 7. The van der Waals surface area contributed by atoms with Crippen LogP contribution in [0.25, 0.3) is 16.7 Å². The highest BCUT2D eigenvalue weighted by atomic mass is 32.2. The summed E-state index contributed by atoms with van der Waals surface area (Å²) in [5.41, 5.74) is -1.50. The number of alkyl halides is 3. The van der Waals surface area contributed by atoms with E-state index in [2.05, 4.69) is 0 Å². The number of pyridine rings is 1. The second-order valence-electron chi connectivity index (χ2n) is 9.07. The first-order valence-corrected chi connectivity index (χ1v) is 14.4. The fraction of sp³-hybridized carbons (Fsp3) is 0.536. The molecule has 236 valence electrons. The summed E-state index contributed by atoms with van der Waals surface area (Å²) in [6.45, 7) is 13.4. The Labute approximate surface area is 246 Å². The zero-order chi connectivity index (χ0) is 32.6.